The highest BCUT2D eigenvalue weighted by Gasteiger charge is 2.45. The number of likely N-dealkylation sites (N-methyl/N-ethyl adjacent to an activating group) is 2. The first-order chi connectivity index (χ1) is 35.6. The largest absolute Gasteiger partial charge is 0.347 e. The van der Waals surface area contributed by atoms with E-state index in [9.17, 15) is 33.6 Å². The summed E-state index contributed by atoms with van der Waals surface area (Å²) >= 11 is 0. The number of hydrogen-bond donors (Lipinski definition) is 8. The first kappa shape index (κ1) is 54.6. The Morgan fingerprint density at radius 1 is 0.649 bits per heavy atom. The van der Waals surface area contributed by atoms with Crippen molar-refractivity contribution in [2.45, 2.75) is 151 Å². The van der Waals surface area contributed by atoms with Gasteiger partial charge in [-0.15, -0.1) is 24.7 Å². The molecule has 7 rings (SSSR count). The fourth-order valence-corrected chi connectivity index (χ4v) is 10.6. The van der Waals surface area contributed by atoms with Crippen molar-refractivity contribution < 1.29 is 33.6 Å². The summed E-state index contributed by atoms with van der Waals surface area (Å²) in [6, 6.07) is 9.87. The van der Waals surface area contributed by atoms with Crippen LogP contribution in [0.1, 0.15) is 127 Å². The topological polar surface area (TPSA) is 248 Å². The predicted molar refractivity (Wildman–Crippen MR) is 278 cm³/mol. The van der Waals surface area contributed by atoms with Gasteiger partial charge in [0.25, 0.3) is 11.8 Å². The Hall–Kier alpha value is -7.19. The van der Waals surface area contributed by atoms with Crippen LogP contribution >= 0.6 is 0 Å². The molecule has 1 aromatic heterocycles. The van der Waals surface area contributed by atoms with Gasteiger partial charge in [-0.05, 0) is 108 Å². The number of fused-ring (bicyclic) bond motifs is 2. The van der Waals surface area contributed by atoms with Gasteiger partial charge in [-0.1, -0.05) is 48.5 Å². The maximum atomic E-state index is 14.4. The van der Waals surface area contributed by atoms with Gasteiger partial charge in [-0.2, -0.15) is 0 Å². The monoisotopic (exact) mass is 1010 g/mol. The third-order valence-electron chi connectivity index (χ3n) is 14.9. The third kappa shape index (κ3) is 12.9. The van der Waals surface area contributed by atoms with E-state index in [2.05, 4.69) is 76.5 Å². The summed E-state index contributed by atoms with van der Waals surface area (Å²) in [7, 11) is 3.26. The molecule has 2 saturated heterocycles. The number of terminal acetylenes is 2. The number of carbonyl (C=O) groups is 7. The molecule has 4 aliphatic rings. The second-order valence-electron chi connectivity index (χ2n) is 19.9. The molecule has 3 aromatic rings. The molecular formula is C55H70N12O7. The molecule has 7 amide bonds. The highest BCUT2D eigenvalue weighted by molar-refractivity contribution is 5.96. The van der Waals surface area contributed by atoms with Gasteiger partial charge in [0.05, 0.1) is 30.5 Å². The minimum absolute atomic E-state index is 0.0271. The van der Waals surface area contributed by atoms with E-state index < -0.39 is 77.9 Å². The molecule has 19 nitrogen and oxygen atoms in total. The fourth-order valence-electron chi connectivity index (χ4n) is 10.6. The van der Waals surface area contributed by atoms with E-state index in [0.717, 1.165) is 43.2 Å². The normalized spacial score (nSPS) is 23.0. The average Bonchev–Trinajstić information content (AvgIpc) is 4.04. The van der Waals surface area contributed by atoms with Crippen molar-refractivity contribution in [3.63, 3.8) is 0 Å². The number of likely N-dealkylation sites (tertiary alicyclic amines) is 2. The zero-order valence-corrected chi connectivity index (χ0v) is 42.9. The van der Waals surface area contributed by atoms with E-state index in [-0.39, 0.29) is 73.7 Å². The van der Waals surface area contributed by atoms with E-state index >= 15 is 0 Å². The lowest BCUT2D eigenvalue weighted by Gasteiger charge is -2.36. The predicted octanol–water partition coefficient (Wildman–Crippen LogP) is 1.36. The molecule has 8 N–H and O–H groups in total. The van der Waals surface area contributed by atoms with Gasteiger partial charge < -0.3 is 52.3 Å². The van der Waals surface area contributed by atoms with Crippen LogP contribution in [0.15, 0.2) is 60.9 Å². The Balaban J connectivity index is 1.04. The zero-order valence-electron chi connectivity index (χ0n) is 42.9. The summed E-state index contributed by atoms with van der Waals surface area (Å²) in [5.74, 6) is 1.65. The number of amides is 7. The molecule has 74 heavy (non-hydrogen) atoms. The Bertz CT molecular complexity index is 2630. The molecule has 2 fully saturated rings. The van der Waals surface area contributed by atoms with Crippen LogP contribution in [0.3, 0.4) is 0 Å². The van der Waals surface area contributed by atoms with Gasteiger partial charge in [0, 0.05) is 56.1 Å². The Morgan fingerprint density at radius 2 is 1.12 bits per heavy atom. The number of carbonyl (C=O) groups excluding carboxylic acids is 7. The van der Waals surface area contributed by atoms with Crippen molar-refractivity contribution in [1.29, 1.82) is 0 Å². The smallest absolute Gasteiger partial charge is 0.271 e. The third-order valence-corrected chi connectivity index (χ3v) is 14.9. The van der Waals surface area contributed by atoms with Crippen molar-refractivity contribution in [3.8, 4) is 24.7 Å². The van der Waals surface area contributed by atoms with Crippen molar-refractivity contribution >= 4 is 41.4 Å². The lowest BCUT2D eigenvalue weighted by Crippen LogP contribution is -2.56. The molecule has 19 heteroatoms. The molecule has 0 bridgehead atoms. The van der Waals surface area contributed by atoms with Crippen LogP contribution in [0.4, 0.5) is 0 Å². The van der Waals surface area contributed by atoms with E-state index in [1.165, 1.54) is 28.4 Å². The van der Waals surface area contributed by atoms with Crippen LogP contribution in [0.5, 0.6) is 0 Å². The second-order valence-corrected chi connectivity index (χ2v) is 19.9. The molecule has 3 heterocycles. The Morgan fingerprint density at radius 3 is 1.64 bits per heavy atom. The number of aryl methyl sites for hydroxylation is 2. The summed E-state index contributed by atoms with van der Waals surface area (Å²) in [5.41, 5.74) is 4.49. The molecule has 2 aliphatic heterocycles. The fraction of sp³-hybridized carbons (Fsp3) is 0.509. The number of benzene rings is 2. The molecule has 11 atom stereocenters. The zero-order chi connectivity index (χ0) is 53.1. The van der Waals surface area contributed by atoms with E-state index in [1.807, 2.05) is 43.3 Å². The standard InChI is InChI=1S/C55H70N12O7/c1-8-16-43(64-49(68)33(4)56-6)54(73)66-30-37(26-47(66)32(3)60-41-24-14-20-35-18-10-12-22-39(35)41)61-51(70)45-28-59-46(29-58-45)52(71)62-38-27-48(53(72)63-42-25-15-21-36-19-11-13-23-40(36)42)67(31-38)55(74)44(17-9-2)65-50(69)34(5)57-7/h1-2,10-13,18-19,22-23,28-29,32-34,37-38,41-44,47-48,56-57,60H,14-17,20-21,24-27,30-31H2,3-7H3,(H,61,70)(H,62,71)(H,63,72)(H,64,68)(H,65,69)/t32?,33-,34-,37-,38-,41+,42+,43-,44-,47-,48-/m0/s1. The number of aromatic nitrogens is 2. The highest BCUT2D eigenvalue weighted by Crippen LogP contribution is 2.33. The van der Waals surface area contributed by atoms with Crippen LogP contribution in [-0.2, 0) is 36.8 Å². The molecule has 2 aromatic carbocycles. The molecule has 1 unspecified atom stereocenters. The maximum Gasteiger partial charge on any atom is 0.271 e. The summed E-state index contributed by atoms with van der Waals surface area (Å²) in [5, 5.41) is 24.1. The lowest BCUT2D eigenvalue weighted by atomic mass is 9.87. The van der Waals surface area contributed by atoms with Gasteiger partial charge in [0.2, 0.25) is 29.5 Å². The van der Waals surface area contributed by atoms with Gasteiger partial charge in [-0.3, -0.25) is 33.6 Å². The molecule has 2 aliphatic carbocycles. The van der Waals surface area contributed by atoms with Crippen molar-refractivity contribution in [2.75, 3.05) is 27.2 Å². The first-order valence-electron chi connectivity index (χ1n) is 25.7. The van der Waals surface area contributed by atoms with Crippen LogP contribution < -0.4 is 42.5 Å². The van der Waals surface area contributed by atoms with Gasteiger partial charge in [0.15, 0.2) is 0 Å². The molecule has 0 radical (unpaired) electrons. The summed E-state index contributed by atoms with van der Waals surface area (Å²) in [6.45, 7) is 5.42. The van der Waals surface area contributed by atoms with Crippen molar-refractivity contribution in [3.05, 3.63) is 94.6 Å². The van der Waals surface area contributed by atoms with Crippen LogP contribution in [-0.4, -0.2) is 143 Å². The van der Waals surface area contributed by atoms with E-state index in [0.29, 0.717) is 12.8 Å². The highest BCUT2D eigenvalue weighted by atomic mass is 16.2. The summed E-state index contributed by atoms with van der Waals surface area (Å²) < 4.78 is 0. The lowest BCUT2D eigenvalue weighted by molar-refractivity contribution is -0.141. The maximum absolute atomic E-state index is 14.4. The van der Waals surface area contributed by atoms with Gasteiger partial charge in [-0.25, -0.2) is 9.97 Å². The molecule has 0 spiro atoms. The average molecular weight is 1010 g/mol. The van der Waals surface area contributed by atoms with Gasteiger partial charge >= 0.3 is 0 Å². The molecule has 392 valence electrons. The van der Waals surface area contributed by atoms with Gasteiger partial charge in [0.1, 0.15) is 29.5 Å². The first-order valence-corrected chi connectivity index (χ1v) is 25.7. The minimum atomic E-state index is -1.13. The van der Waals surface area contributed by atoms with Crippen molar-refractivity contribution in [1.82, 2.24) is 62.3 Å². The quantitative estimate of drug-likeness (QED) is 0.0794. The van der Waals surface area contributed by atoms with Crippen LogP contribution in [0, 0.1) is 24.7 Å². The van der Waals surface area contributed by atoms with Crippen LogP contribution in [0.25, 0.3) is 0 Å². The summed E-state index contributed by atoms with van der Waals surface area (Å²) in [6.07, 6.45) is 19.4. The summed E-state index contributed by atoms with van der Waals surface area (Å²) in [4.78, 5) is 108. The van der Waals surface area contributed by atoms with E-state index in [4.69, 9.17) is 12.8 Å². The number of rotatable bonds is 19. The number of hydrogen-bond acceptors (Lipinski definition) is 12. The molecular weight excluding hydrogens is 941 g/mol. The van der Waals surface area contributed by atoms with Crippen LogP contribution in [0.2, 0.25) is 0 Å². The Labute approximate surface area is 433 Å². The SMILES string of the molecule is C#CC[C@H](NC(=O)[C@H](C)NC)C(=O)N1C[C@@H](NC(=O)c2cnc(C(=O)N[C@H]3C[C@@H](C(C)N[C@@H]4CCCc5ccccc54)N(C(=O)[C@H](CC#C)NC(=O)[C@H](C)NC)C3)cn2)C[C@H]1C(=O)N[C@@H]1CCCc2ccccc21. The minimum Gasteiger partial charge on any atom is -0.347 e. The number of nitrogens with zero attached hydrogens (tertiary/aromatic N) is 4. The number of nitrogens with one attached hydrogen (secondary N) is 8. The molecule has 0 saturated carbocycles. The Kier molecular flexibility index (Phi) is 18.6. The van der Waals surface area contributed by atoms with Crippen molar-refractivity contribution in [2.24, 2.45) is 0 Å². The second kappa shape index (κ2) is 25.2. The van der Waals surface area contributed by atoms with E-state index in [1.54, 1.807) is 32.8 Å².